The van der Waals surface area contributed by atoms with Crippen molar-refractivity contribution in [3.05, 3.63) is 46.5 Å². The number of esters is 1. The lowest BCUT2D eigenvalue weighted by Crippen LogP contribution is -2.36. The monoisotopic (exact) mass is 391 g/mol. The minimum Gasteiger partial charge on any atom is -0.453 e. The van der Waals surface area contributed by atoms with Gasteiger partial charge in [0.1, 0.15) is 0 Å². The van der Waals surface area contributed by atoms with Gasteiger partial charge in [-0.1, -0.05) is 23.3 Å². The van der Waals surface area contributed by atoms with Gasteiger partial charge in [-0.15, -0.1) is 0 Å². The molecule has 1 amide bonds. The lowest BCUT2D eigenvalue weighted by atomic mass is 9.97. The fraction of sp³-hybridized carbons (Fsp3) is 0.476. The molecule has 5 nitrogen and oxygen atoms in total. The molecule has 0 aliphatic heterocycles. The summed E-state index contributed by atoms with van der Waals surface area (Å²) in [4.78, 5) is 35.9. The number of amides is 1. The van der Waals surface area contributed by atoms with Crippen LogP contribution in [0.3, 0.4) is 0 Å². The average molecular weight is 392 g/mol. The third kappa shape index (κ3) is 7.55. The van der Waals surface area contributed by atoms with E-state index in [9.17, 15) is 14.4 Å². The molecule has 27 heavy (non-hydrogen) atoms. The molecule has 1 N–H and O–H groups in total. The summed E-state index contributed by atoms with van der Waals surface area (Å²) in [6, 6.07) is 6.49. The molecule has 0 bridgehead atoms. The predicted octanol–water partition coefficient (Wildman–Crippen LogP) is 4.24. The van der Waals surface area contributed by atoms with Crippen molar-refractivity contribution in [2.75, 3.05) is 6.54 Å². The largest absolute Gasteiger partial charge is 0.453 e. The summed E-state index contributed by atoms with van der Waals surface area (Å²) in [7, 11) is 0. The molecule has 1 aromatic carbocycles. The van der Waals surface area contributed by atoms with Crippen molar-refractivity contribution >= 4 is 29.3 Å². The van der Waals surface area contributed by atoms with Crippen LogP contribution in [0.4, 0.5) is 0 Å². The van der Waals surface area contributed by atoms with Crippen molar-refractivity contribution < 1.29 is 19.1 Å². The number of rotatable bonds is 9. The molecule has 0 spiro atoms. The molecular weight excluding hydrogens is 366 g/mol. The quantitative estimate of drug-likeness (QED) is 0.388. The standard InChI is InChI=1S/C21H26ClNO4/c1-15(21(26)23-14-13-16-5-3-2-4-6-16)27-20(25)12-11-19(24)17-7-9-18(22)10-8-17/h5,7-10,15H,2-4,6,11-14H2,1H3,(H,23,26)/t15-/m1/s1. The molecule has 0 aromatic heterocycles. The van der Waals surface area contributed by atoms with Crippen LogP contribution in [0.2, 0.25) is 5.02 Å². The molecule has 1 aliphatic rings. The second-order valence-corrected chi connectivity index (χ2v) is 7.15. The van der Waals surface area contributed by atoms with Gasteiger partial charge in [0.2, 0.25) is 0 Å². The number of ketones is 1. The zero-order valence-electron chi connectivity index (χ0n) is 15.6. The van der Waals surface area contributed by atoms with Crippen molar-refractivity contribution in [2.24, 2.45) is 0 Å². The molecular formula is C21H26ClNO4. The Balaban J connectivity index is 1.66. The Kier molecular flexibility index (Phi) is 8.52. The number of ether oxygens (including phenoxy) is 1. The van der Waals surface area contributed by atoms with E-state index in [2.05, 4.69) is 11.4 Å². The van der Waals surface area contributed by atoms with Gasteiger partial charge in [-0.3, -0.25) is 14.4 Å². The Hall–Kier alpha value is -2.14. The highest BCUT2D eigenvalue weighted by Crippen LogP contribution is 2.19. The van der Waals surface area contributed by atoms with Crippen LogP contribution in [0.5, 0.6) is 0 Å². The third-order valence-corrected chi connectivity index (χ3v) is 4.78. The van der Waals surface area contributed by atoms with Gasteiger partial charge in [0.05, 0.1) is 6.42 Å². The maximum atomic E-state index is 12.0. The van der Waals surface area contributed by atoms with Crippen LogP contribution in [0.25, 0.3) is 0 Å². The average Bonchev–Trinajstić information content (AvgIpc) is 2.67. The van der Waals surface area contributed by atoms with Crippen molar-refractivity contribution in [2.45, 2.75) is 58.0 Å². The maximum absolute atomic E-state index is 12.0. The van der Waals surface area contributed by atoms with Gasteiger partial charge in [0.25, 0.3) is 5.91 Å². The second kappa shape index (κ2) is 10.9. The van der Waals surface area contributed by atoms with Gasteiger partial charge in [0, 0.05) is 23.6 Å². The molecule has 0 saturated heterocycles. The second-order valence-electron chi connectivity index (χ2n) is 6.71. The fourth-order valence-corrected chi connectivity index (χ4v) is 3.05. The molecule has 6 heteroatoms. The van der Waals surface area contributed by atoms with E-state index in [0.717, 1.165) is 19.3 Å². The first-order valence-electron chi connectivity index (χ1n) is 9.39. The minimum atomic E-state index is -0.872. The van der Waals surface area contributed by atoms with Crippen LogP contribution in [0, 0.1) is 0 Å². The smallest absolute Gasteiger partial charge is 0.307 e. The molecule has 0 heterocycles. The van der Waals surface area contributed by atoms with E-state index in [1.807, 2.05) is 0 Å². The highest BCUT2D eigenvalue weighted by molar-refractivity contribution is 6.30. The van der Waals surface area contributed by atoms with E-state index in [4.69, 9.17) is 16.3 Å². The van der Waals surface area contributed by atoms with Crippen LogP contribution in [-0.4, -0.2) is 30.3 Å². The zero-order chi connectivity index (χ0) is 19.6. The maximum Gasteiger partial charge on any atom is 0.307 e. The Labute approximate surface area is 165 Å². The van der Waals surface area contributed by atoms with Gasteiger partial charge in [-0.05, 0) is 63.3 Å². The van der Waals surface area contributed by atoms with E-state index >= 15 is 0 Å². The predicted molar refractivity (Wildman–Crippen MR) is 105 cm³/mol. The third-order valence-electron chi connectivity index (χ3n) is 4.53. The summed E-state index contributed by atoms with van der Waals surface area (Å²) in [6.07, 6.45) is 6.84. The summed E-state index contributed by atoms with van der Waals surface area (Å²) in [6.45, 7) is 2.08. The molecule has 0 fully saturated rings. The van der Waals surface area contributed by atoms with E-state index < -0.39 is 12.1 Å². The number of benzene rings is 1. The number of allylic oxidation sites excluding steroid dienone is 1. The lowest BCUT2D eigenvalue weighted by Gasteiger charge is -2.15. The zero-order valence-corrected chi connectivity index (χ0v) is 16.4. The van der Waals surface area contributed by atoms with Gasteiger partial charge in [0.15, 0.2) is 11.9 Å². The first-order valence-corrected chi connectivity index (χ1v) is 9.77. The van der Waals surface area contributed by atoms with Crippen LogP contribution in [0.15, 0.2) is 35.9 Å². The minimum absolute atomic E-state index is 0.0307. The molecule has 2 rings (SSSR count). The molecule has 1 atom stereocenters. The summed E-state index contributed by atoms with van der Waals surface area (Å²) < 4.78 is 5.12. The number of carbonyl (C=O) groups is 3. The van der Waals surface area contributed by atoms with Crippen molar-refractivity contribution in [1.29, 1.82) is 0 Å². The van der Waals surface area contributed by atoms with Gasteiger partial charge in [-0.2, -0.15) is 0 Å². The topological polar surface area (TPSA) is 72.5 Å². The first kappa shape index (κ1) is 21.2. The molecule has 0 saturated carbocycles. The van der Waals surface area contributed by atoms with Crippen LogP contribution >= 0.6 is 11.6 Å². The molecule has 146 valence electrons. The number of Topliss-reactive ketones (excluding diaryl/α,β-unsaturated/α-hetero) is 1. The van der Waals surface area contributed by atoms with Crippen molar-refractivity contribution in [3.63, 3.8) is 0 Å². The summed E-state index contributed by atoms with van der Waals surface area (Å²) in [5.74, 6) is -1.04. The van der Waals surface area contributed by atoms with Gasteiger partial charge >= 0.3 is 5.97 Å². The van der Waals surface area contributed by atoms with E-state index in [1.54, 1.807) is 24.3 Å². The number of nitrogens with one attached hydrogen (secondary N) is 1. The number of halogens is 1. The van der Waals surface area contributed by atoms with Crippen molar-refractivity contribution in [1.82, 2.24) is 5.32 Å². The number of hydrogen-bond donors (Lipinski definition) is 1. The summed E-state index contributed by atoms with van der Waals surface area (Å²) >= 11 is 5.78. The highest BCUT2D eigenvalue weighted by Gasteiger charge is 2.18. The van der Waals surface area contributed by atoms with Crippen LogP contribution in [-0.2, 0) is 14.3 Å². The first-order chi connectivity index (χ1) is 13.0. The Morgan fingerprint density at radius 1 is 1.15 bits per heavy atom. The fourth-order valence-electron chi connectivity index (χ4n) is 2.93. The van der Waals surface area contributed by atoms with Crippen LogP contribution < -0.4 is 5.32 Å². The van der Waals surface area contributed by atoms with E-state index in [0.29, 0.717) is 17.1 Å². The van der Waals surface area contributed by atoms with Gasteiger partial charge in [-0.25, -0.2) is 0 Å². The van der Waals surface area contributed by atoms with Crippen LogP contribution in [0.1, 0.15) is 62.2 Å². The Morgan fingerprint density at radius 3 is 2.56 bits per heavy atom. The number of hydrogen-bond acceptors (Lipinski definition) is 4. The lowest BCUT2D eigenvalue weighted by molar-refractivity contribution is -0.154. The summed E-state index contributed by atoms with van der Waals surface area (Å²) in [5.41, 5.74) is 1.88. The molecule has 1 aromatic rings. The highest BCUT2D eigenvalue weighted by atomic mass is 35.5. The Morgan fingerprint density at radius 2 is 1.89 bits per heavy atom. The molecule has 0 unspecified atom stereocenters. The SMILES string of the molecule is C[C@@H](OC(=O)CCC(=O)c1ccc(Cl)cc1)C(=O)NCCC1=CCCCC1. The van der Waals surface area contributed by atoms with E-state index in [-0.39, 0.29) is 24.5 Å². The Bertz CT molecular complexity index is 697. The number of carbonyl (C=O) groups excluding carboxylic acids is 3. The summed E-state index contributed by atoms with van der Waals surface area (Å²) in [5, 5.41) is 3.34. The van der Waals surface area contributed by atoms with Crippen molar-refractivity contribution in [3.8, 4) is 0 Å². The molecule has 1 aliphatic carbocycles. The molecule has 0 radical (unpaired) electrons. The van der Waals surface area contributed by atoms with E-state index in [1.165, 1.54) is 25.3 Å². The van der Waals surface area contributed by atoms with Gasteiger partial charge < -0.3 is 10.1 Å². The normalized spacial score (nSPS) is 14.8.